The lowest BCUT2D eigenvalue weighted by molar-refractivity contribution is 0.0337. The Kier molecular flexibility index (Phi) is 3.81. The van der Waals surface area contributed by atoms with Crippen LogP contribution < -0.4 is 0 Å². The Morgan fingerprint density at radius 2 is 1.96 bits per heavy atom. The number of aromatic amines is 1. The molecular formula is C18H18FN3O. The van der Waals surface area contributed by atoms with Gasteiger partial charge in [0.05, 0.1) is 24.2 Å². The van der Waals surface area contributed by atoms with Crippen molar-refractivity contribution in [1.82, 2.24) is 14.9 Å². The van der Waals surface area contributed by atoms with E-state index >= 15 is 0 Å². The predicted octanol–water partition coefficient (Wildman–Crippen LogP) is 3.20. The number of benzene rings is 2. The van der Waals surface area contributed by atoms with Crippen molar-refractivity contribution < 1.29 is 9.13 Å². The number of imidazole rings is 1. The minimum atomic E-state index is -0.186. The van der Waals surface area contributed by atoms with E-state index in [9.17, 15) is 4.39 Å². The maximum absolute atomic E-state index is 14.4. The van der Waals surface area contributed by atoms with Gasteiger partial charge >= 0.3 is 0 Å². The fourth-order valence-electron chi connectivity index (χ4n) is 2.91. The molecule has 1 aliphatic heterocycles. The van der Waals surface area contributed by atoms with Crippen LogP contribution in [0.4, 0.5) is 4.39 Å². The first kappa shape index (κ1) is 14.4. The topological polar surface area (TPSA) is 41.2 Å². The number of rotatable bonds is 3. The summed E-state index contributed by atoms with van der Waals surface area (Å²) in [5.74, 6) is 0.512. The number of hydrogen-bond acceptors (Lipinski definition) is 3. The number of fused-ring (bicyclic) bond motifs is 1. The molecule has 4 nitrogen and oxygen atoms in total. The van der Waals surface area contributed by atoms with Crippen LogP contribution in [0.25, 0.3) is 22.4 Å². The molecule has 0 aliphatic carbocycles. The highest BCUT2D eigenvalue weighted by atomic mass is 19.1. The summed E-state index contributed by atoms with van der Waals surface area (Å²) in [7, 11) is 0. The highest BCUT2D eigenvalue weighted by Crippen LogP contribution is 2.23. The van der Waals surface area contributed by atoms with Crippen molar-refractivity contribution in [3.63, 3.8) is 0 Å². The first-order valence-corrected chi connectivity index (χ1v) is 7.83. The molecule has 0 radical (unpaired) electrons. The first-order valence-electron chi connectivity index (χ1n) is 7.83. The second kappa shape index (κ2) is 6.10. The summed E-state index contributed by atoms with van der Waals surface area (Å²) in [5, 5.41) is 0. The van der Waals surface area contributed by atoms with Gasteiger partial charge in [-0.25, -0.2) is 9.37 Å². The number of H-pyrrole nitrogens is 1. The van der Waals surface area contributed by atoms with E-state index in [-0.39, 0.29) is 5.82 Å². The van der Waals surface area contributed by atoms with Gasteiger partial charge in [0.2, 0.25) is 0 Å². The summed E-state index contributed by atoms with van der Waals surface area (Å²) < 4.78 is 19.8. The van der Waals surface area contributed by atoms with Gasteiger partial charge in [0.25, 0.3) is 0 Å². The molecule has 0 atom stereocenters. The first-order chi connectivity index (χ1) is 11.3. The molecule has 1 fully saturated rings. The van der Waals surface area contributed by atoms with E-state index in [1.807, 2.05) is 36.4 Å². The summed E-state index contributed by atoms with van der Waals surface area (Å²) >= 11 is 0. The molecule has 3 aromatic rings. The van der Waals surface area contributed by atoms with Crippen molar-refractivity contribution >= 4 is 11.0 Å². The van der Waals surface area contributed by atoms with Gasteiger partial charge in [-0.3, -0.25) is 4.90 Å². The largest absolute Gasteiger partial charge is 0.379 e. The zero-order valence-corrected chi connectivity index (χ0v) is 12.8. The molecule has 5 heteroatoms. The Balaban J connectivity index is 1.59. The molecule has 1 aromatic heterocycles. The predicted molar refractivity (Wildman–Crippen MR) is 87.6 cm³/mol. The van der Waals surface area contributed by atoms with E-state index in [1.165, 1.54) is 0 Å². The van der Waals surface area contributed by atoms with Gasteiger partial charge in [0.15, 0.2) is 0 Å². The van der Waals surface area contributed by atoms with Crippen LogP contribution >= 0.6 is 0 Å². The second-order valence-electron chi connectivity index (χ2n) is 5.80. The standard InChI is InChI=1S/C18H18FN3O/c19-15-11-13(18-20-16-3-1-2-4-17(16)21-18)5-6-14(15)12-22-7-9-23-10-8-22/h1-6,11H,7-10,12H2,(H,20,21). The SMILES string of the molecule is Fc1cc(-c2nc3ccccc3[nH]2)ccc1CN1CCOCC1. The van der Waals surface area contributed by atoms with Gasteiger partial charge in [-0.2, -0.15) is 0 Å². The van der Waals surface area contributed by atoms with Crippen molar-refractivity contribution in [2.45, 2.75) is 6.54 Å². The van der Waals surface area contributed by atoms with Gasteiger partial charge in [-0.1, -0.05) is 24.3 Å². The van der Waals surface area contributed by atoms with Gasteiger partial charge in [-0.15, -0.1) is 0 Å². The fourth-order valence-corrected chi connectivity index (χ4v) is 2.91. The number of halogens is 1. The summed E-state index contributed by atoms with van der Waals surface area (Å²) in [4.78, 5) is 9.97. The smallest absolute Gasteiger partial charge is 0.138 e. The Labute approximate surface area is 133 Å². The Morgan fingerprint density at radius 3 is 2.74 bits per heavy atom. The van der Waals surface area contributed by atoms with Crippen molar-refractivity contribution in [2.24, 2.45) is 0 Å². The molecule has 23 heavy (non-hydrogen) atoms. The molecule has 0 unspecified atom stereocenters. The number of nitrogens with one attached hydrogen (secondary N) is 1. The lowest BCUT2D eigenvalue weighted by atomic mass is 10.1. The Bertz CT molecular complexity index is 791. The van der Waals surface area contributed by atoms with Crippen LogP contribution in [0.3, 0.4) is 0 Å². The van der Waals surface area contributed by atoms with E-state index in [0.29, 0.717) is 17.9 Å². The zero-order valence-electron chi connectivity index (χ0n) is 12.8. The molecule has 0 amide bonds. The minimum absolute atomic E-state index is 0.186. The molecule has 0 spiro atoms. The van der Waals surface area contributed by atoms with Crippen LogP contribution in [-0.2, 0) is 11.3 Å². The van der Waals surface area contributed by atoms with E-state index in [1.54, 1.807) is 6.07 Å². The molecule has 4 rings (SSSR count). The lowest BCUT2D eigenvalue weighted by Crippen LogP contribution is -2.35. The Morgan fingerprint density at radius 1 is 1.13 bits per heavy atom. The maximum Gasteiger partial charge on any atom is 0.138 e. The number of nitrogens with zero attached hydrogens (tertiary/aromatic N) is 2. The van der Waals surface area contributed by atoms with Gasteiger partial charge in [-0.05, 0) is 18.2 Å². The molecule has 1 saturated heterocycles. The summed E-state index contributed by atoms with van der Waals surface area (Å²) in [6.45, 7) is 3.77. The third-order valence-corrected chi connectivity index (χ3v) is 4.21. The van der Waals surface area contributed by atoms with Crippen molar-refractivity contribution in [2.75, 3.05) is 26.3 Å². The molecule has 1 aliphatic rings. The van der Waals surface area contributed by atoms with Crippen LogP contribution in [0.15, 0.2) is 42.5 Å². The van der Waals surface area contributed by atoms with E-state index in [4.69, 9.17) is 4.74 Å². The van der Waals surface area contributed by atoms with Crippen molar-refractivity contribution in [3.8, 4) is 11.4 Å². The third kappa shape index (κ3) is 2.98. The number of hydrogen-bond donors (Lipinski definition) is 1. The van der Waals surface area contributed by atoms with Crippen LogP contribution in [0.1, 0.15) is 5.56 Å². The molecular weight excluding hydrogens is 293 g/mol. The molecule has 1 N–H and O–H groups in total. The van der Waals surface area contributed by atoms with Gasteiger partial charge < -0.3 is 9.72 Å². The van der Waals surface area contributed by atoms with Crippen LogP contribution in [0.2, 0.25) is 0 Å². The average Bonchev–Trinajstić information content (AvgIpc) is 3.02. The molecule has 2 aromatic carbocycles. The quantitative estimate of drug-likeness (QED) is 0.807. The molecule has 2 heterocycles. The van der Waals surface area contributed by atoms with Crippen LogP contribution in [0, 0.1) is 5.82 Å². The number of morpholine rings is 1. The summed E-state index contributed by atoms with van der Waals surface area (Å²) in [6.07, 6.45) is 0. The highest BCUT2D eigenvalue weighted by molar-refractivity contribution is 5.79. The summed E-state index contributed by atoms with van der Waals surface area (Å²) in [6, 6.07) is 13.2. The zero-order chi connectivity index (χ0) is 15.6. The van der Waals surface area contributed by atoms with Crippen molar-refractivity contribution in [1.29, 1.82) is 0 Å². The molecule has 0 saturated carbocycles. The van der Waals surface area contributed by atoms with E-state index in [2.05, 4.69) is 14.9 Å². The number of aromatic nitrogens is 2. The second-order valence-corrected chi connectivity index (χ2v) is 5.80. The summed E-state index contributed by atoms with van der Waals surface area (Å²) in [5.41, 5.74) is 3.33. The van der Waals surface area contributed by atoms with E-state index < -0.39 is 0 Å². The van der Waals surface area contributed by atoms with Crippen LogP contribution in [0.5, 0.6) is 0 Å². The molecule has 118 valence electrons. The fraction of sp³-hybridized carbons (Fsp3) is 0.278. The number of ether oxygens (including phenoxy) is 1. The normalized spacial score (nSPS) is 16.0. The van der Waals surface area contributed by atoms with Gasteiger partial charge in [0.1, 0.15) is 11.6 Å². The average molecular weight is 311 g/mol. The van der Waals surface area contributed by atoms with Crippen LogP contribution in [-0.4, -0.2) is 41.2 Å². The maximum atomic E-state index is 14.4. The monoisotopic (exact) mass is 311 g/mol. The van der Waals surface area contributed by atoms with Gasteiger partial charge in [0, 0.05) is 30.8 Å². The van der Waals surface area contributed by atoms with E-state index in [0.717, 1.165) is 42.9 Å². The Hall–Kier alpha value is -2.24. The third-order valence-electron chi connectivity index (χ3n) is 4.21. The lowest BCUT2D eigenvalue weighted by Gasteiger charge is -2.26. The number of para-hydroxylation sites is 2. The minimum Gasteiger partial charge on any atom is -0.379 e. The van der Waals surface area contributed by atoms with Crippen molar-refractivity contribution in [3.05, 3.63) is 53.8 Å². The highest BCUT2D eigenvalue weighted by Gasteiger charge is 2.14. The molecule has 0 bridgehead atoms.